The van der Waals surface area contributed by atoms with Crippen LogP contribution >= 0.6 is 0 Å². The highest BCUT2D eigenvalue weighted by atomic mass is 16.4. The molecular formula is C93H144O9. The van der Waals surface area contributed by atoms with Crippen LogP contribution in [0.15, 0.2) is 94.2 Å². The van der Waals surface area contributed by atoms with Gasteiger partial charge in [0.05, 0.1) is 30.0 Å². The van der Waals surface area contributed by atoms with Crippen LogP contribution in [0.5, 0.6) is 0 Å². The van der Waals surface area contributed by atoms with Crippen molar-refractivity contribution >= 4 is 23.7 Å². The molecule has 102 heavy (non-hydrogen) atoms. The van der Waals surface area contributed by atoms with Crippen LogP contribution in [0.3, 0.4) is 0 Å². The van der Waals surface area contributed by atoms with Gasteiger partial charge in [-0.3, -0.25) is 19.2 Å². The van der Waals surface area contributed by atoms with Crippen molar-refractivity contribution in [3.8, 4) is 0 Å². The Hall–Kier alpha value is -4.08. The first-order valence-electron chi connectivity index (χ1n) is 41.3. The first-order valence-corrected chi connectivity index (χ1v) is 41.3. The lowest BCUT2D eigenvalue weighted by Crippen LogP contribution is -2.55. The number of allylic oxidation sites excluding steroid dienone is 13. The molecule has 0 heterocycles. The fourth-order valence-corrected chi connectivity index (χ4v) is 26.9. The van der Waals surface area contributed by atoms with Crippen LogP contribution in [0.25, 0.3) is 0 Å². The predicted octanol–water partition coefficient (Wildman–Crippen LogP) is 23.1. The van der Waals surface area contributed by atoms with Gasteiger partial charge in [-0.1, -0.05) is 217 Å². The number of aliphatic carboxylic acids is 3. The summed E-state index contributed by atoms with van der Waals surface area (Å²) < 4.78 is 0. The van der Waals surface area contributed by atoms with Crippen molar-refractivity contribution in [3.63, 3.8) is 0 Å². The van der Waals surface area contributed by atoms with E-state index in [9.17, 15) is 44.7 Å². The molecule has 12 aliphatic carbocycles. The third-order valence-electron chi connectivity index (χ3n) is 35.3. The average molecular weight is 1410 g/mol. The second kappa shape index (κ2) is 27.9. The van der Waals surface area contributed by atoms with E-state index in [1.165, 1.54) is 33.4 Å². The lowest BCUT2D eigenvalue weighted by Gasteiger charge is -2.62. The fourth-order valence-electron chi connectivity index (χ4n) is 26.9. The number of rotatable bonds is 18. The summed E-state index contributed by atoms with van der Waals surface area (Å²) in [5, 5.41) is 52.5. The Bertz CT molecular complexity index is 3480. The molecule has 20 atom stereocenters. The third kappa shape index (κ3) is 12.5. The van der Waals surface area contributed by atoms with E-state index in [-0.39, 0.29) is 113 Å². The second-order valence-corrected chi connectivity index (χ2v) is 41.2. The van der Waals surface area contributed by atoms with Crippen LogP contribution in [0, 0.1) is 136 Å². The molecule has 9 heteroatoms. The molecule has 0 radical (unpaired) electrons. The number of ketones is 1. The van der Waals surface area contributed by atoms with Crippen molar-refractivity contribution in [2.75, 3.05) is 0 Å². The number of carboxylic acid groups (broad SMARTS) is 3. The van der Waals surface area contributed by atoms with E-state index in [0.29, 0.717) is 60.6 Å². The molecule has 3 unspecified atom stereocenters. The highest BCUT2D eigenvalue weighted by molar-refractivity contribution is 5.86. The minimum Gasteiger partial charge on any atom is -0.481 e. The van der Waals surface area contributed by atoms with E-state index in [4.69, 9.17) is 0 Å². The van der Waals surface area contributed by atoms with E-state index in [2.05, 4.69) is 189 Å². The first kappa shape index (κ1) is 80.5. The van der Waals surface area contributed by atoms with E-state index in [0.717, 1.165) is 153 Å². The van der Waals surface area contributed by atoms with Gasteiger partial charge in [0.1, 0.15) is 5.78 Å². The number of hydrogen-bond donors (Lipinski definition) is 5. The molecule has 9 nitrogen and oxygen atoms in total. The lowest BCUT2D eigenvalue weighted by atomic mass is 9.43. The minimum atomic E-state index is -0.640. The van der Waals surface area contributed by atoms with Crippen molar-refractivity contribution in [3.05, 3.63) is 94.2 Å². The molecular weight excluding hydrogens is 1260 g/mol. The third-order valence-corrected chi connectivity index (χ3v) is 35.3. The number of fused-ring (bicyclic) bond motifs is 14. The molecule has 0 spiro atoms. The number of hydrogen-bond acceptors (Lipinski definition) is 6. The highest BCUT2D eigenvalue weighted by Gasteiger charge is 2.68. The van der Waals surface area contributed by atoms with Gasteiger partial charge >= 0.3 is 17.9 Å². The van der Waals surface area contributed by atoms with Gasteiger partial charge in [-0.2, -0.15) is 0 Å². The Morgan fingerprint density at radius 2 is 0.784 bits per heavy atom. The quantitative estimate of drug-likeness (QED) is 0.0839. The maximum Gasteiger partial charge on any atom is 0.306 e. The SMILES string of the molecule is C=C(CC[C@@H](C(=O)O)[C@H]1CC[C@@]2(C)C3=C(CC[C@]12C)[C@@]1(C)CC[C@H](O)C(C)(C)C1CC3)C(C)C.C=C(CC[C@@H](C(=O)O)[C@H]1CC[C@@]2(C)C3=CCC4C(C)(C)C(=O)CC[C@]4(C)C3=CC[C@]12C)C(C)C.C=C(CC[C@@H](C(=O)O)[C@H]1CC[C@@]2(C)C3=CCC4C(C)(C)[C@@H](O)CC[C@]4(C)C3=CC[C@]12C)C(C)C. The molecule has 5 N–H and O–H groups in total. The smallest absolute Gasteiger partial charge is 0.306 e. The van der Waals surface area contributed by atoms with Gasteiger partial charge in [-0.15, -0.1) is 0 Å². The maximum absolute atomic E-state index is 12.8. The molecule has 0 saturated heterocycles. The maximum atomic E-state index is 12.8. The molecule has 0 aromatic rings. The molecule has 0 aliphatic heterocycles. The van der Waals surface area contributed by atoms with Crippen LogP contribution in [-0.4, -0.2) is 61.4 Å². The van der Waals surface area contributed by atoms with Crippen LogP contribution in [0.1, 0.15) is 312 Å². The summed E-state index contributed by atoms with van der Waals surface area (Å²) in [5.41, 5.74) is 12.8. The van der Waals surface area contributed by atoms with Gasteiger partial charge in [0.2, 0.25) is 0 Å². The Morgan fingerprint density at radius 1 is 0.412 bits per heavy atom. The van der Waals surface area contributed by atoms with Gasteiger partial charge in [-0.25, -0.2) is 0 Å². The summed E-state index contributed by atoms with van der Waals surface area (Å²) >= 11 is 0. The summed E-state index contributed by atoms with van der Waals surface area (Å²) in [6.07, 6.45) is 34.1. The topological polar surface area (TPSA) is 169 Å². The summed E-state index contributed by atoms with van der Waals surface area (Å²) in [7, 11) is 0. The Kier molecular flexibility index (Phi) is 22.0. The van der Waals surface area contributed by atoms with Gasteiger partial charge in [0.15, 0.2) is 0 Å². The fraction of sp³-hybridized carbons (Fsp3) is 0.785. The van der Waals surface area contributed by atoms with Crippen molar-refractivity contribution in [1.82, 2.24) is 0 Å². The van der Waals surface area contributed by atoms with E-state index < -0.39 is 17.9 Å². The summed E-state index contributed by atoms with van der Waals surface area (Å²) in [6.45, 7) is 60.8. The Morgan fingerprint density at radius 3 is 1.20 bits per heavy atom. The van der Waals surface area contributed by atoms with Gasteiger partial charge < -0.3 is 25.5 Å². The first-order chi connectivity index (χ1) is 47.1. The highest BCUT2D eigenvalue weighted by Crippen LogP contribution is 2.76. The largest absolute Gasteiger partial charge is 0.481 e. The summed E-state index contributed by atoms with van der Waals surface area (Å²) in [5.74, 6) is 0.734. The van der Waals surface area contributed by atoms with Crippen LogP contribution in [-0.2, 0) is 19.2 Å². The molecule has 0 bridgehead atoms. The summed E-state index contributed by atoms with van der Waals surface area (Å²) in [4.78, 5) is 50.4. The van der Waals surface area contributed by atoms with Crippen molar-refractivity contribution in [2.45, 2.75) is 325 Å². The summed E-state index contributed by atoms with van der Waals surface area (Å²) in [6, 6.07) is 0. The van der Waals surface area contributed by atoms with Crippen LogP contribution in [0.4, 0.5) is 0 Å². The molecule has 12 aliphatic rings. The van der Waals surface area contributed by atoms with Crippen molar-refractivity contribution in [1.29, 1.82) is 0 Å². The van der Waals surface area contributed by atoms with Crippen LogP contribution < -0.4 is 0 Å². The zero-order valence-electron chi connectivity index (χ0n) is 68.3. The molecule has 12 rings (SSSR count). The van der Waals surface area contributed by atoms with Crippen molar-refractivity contribution in [2.24, 2.45) is 136 Å². The van der Waals surface area contributed by atoms with Gasteiger partial charge in [0, 0.05) is 11.8 Å². The number of carbonyl (C=O) groups excluding carboxylic acids is 1. The number of carbonyl (C=O) groups is 4. The van der Waals surface area contributed by atoms with E-state index in [1.54, 1.807) is 11.1 Å². The van der Waals surface area contributed by atoms with Gasteiger partial charge in [0.25, 0.3) is 0 Å². The lowest BCUT2D eigenvalue weighted by molar-refractivity contribution is -0.147. The average Bonchev–Trinajstić information content (AvgIpc) is 1.38. The van der Waals surface area contributed by atoms with Gasteiger partial charge in [-0.05, 0) is 296 Å². The number of aliphatic hydroxyl groups excluding tert-OH is 2. The normalized spacial score (nSPS) is 41.1. The number of Topliss-reactive ketones (excluding diaryl/α,β-unsaturated/α-hetero) is 1. The molecule has 0 amide bonds. The van der Waals surface area contributed by atoms with Crippen LogP contribution in [0.2, 0.25) is 0 Å². The van der Waals surface area contributed by atoms with E-state index >= 15 is 0 Å². The molecule has 570 valence electrons. The van der Waals surface area contributed by atoms with Crippen molar-refractivity contribution < 1.29 is 44.7 Å². The molecule has 0 aromatic heterocycles. The molecule has 6 fully saturated rings. The second-order valence-electron chi connectivity index (χ2n) is 41.2. The standard InChI is InChI=1S/C31H50O3.C31H48O3.C31H46O3/c3*1-19(2)20(3)9-10-21(27(33)34)22-13-17-31(8)24-11-12-25-28(4,5)26(32)15-16-29(25,6)23(24)14-18-30(22,31)7/h19,21-22,25-26,32H,3,9-18H2,1-2,4-8H3,(H,33,34);11,14,19,21-22,25-26,32H,3,9-10,12-13,15-18H2,1-2,4-8H3,(H,33,34);11,14,19,21-22,25H,3,9-10,12-13,15-18H2,1-2,4-8H3,(H,33,34)/t2*21-,22-,25?,26+,29-,30-,31+;21-,22-,25?,29-,30-,31+/m111/s1. The Labute approximate surface area is 619 Å². The van der Waals surface area contributed by atoms with E-state index in [1.807, 2.05) is 0 Å². The predicted molar refractivity (Wildman–Crippen MR) is 417 cm³/mol. The number of aliphatic hydroxyl groups is 2. The monoisotopic (exact) mass is 1410 g/mol. The molecule has 0 aromatic carbocycles. The molecule has 6 saturated carbocycles. The zero-order chi connectivity index (χ0) is 75.8. The minimum absolute atomic E-state index is 0.00984. The Balaban J connectivity index is 0.000000165. The zero-order valence-corrected chi connectivity index (χ0v) is 68.3. The number of carboxylic acids is 3.